The first-order valence-electron chi connectivity index (χ1n) is 7.75. The van der Waals surface area contributed by atoms with Gasteiger partial charge in [-0.3, -0.25) is 0 Å². The van der Waals surface area contributed by atoms with Crippen molar-refractivity contribution in [1.29, 1.82) is 0 Å². The van der Waals surface area contributed by atoms with E-state index in [1.807, 2.05) is 0 Å². The third-order valence-corrected chi connectivity index (χ3v) is 5.19. The van der Waals surface area contributed by atoms with Gasteiger partial charge in [0.1, 0.15) is 0 Å². The van der Waals surface area contributed by atoms with E-state index in [1.54, 1.807) is 0 Å². The maximum atomic E-state index is 3.59. The molecular weight excluding hydrogens is 424 g/mol. The summed E-state index contributed by atoms with van der Waals surface area (Å²) in [4.78, 5) is 0. The number of hydrogen-bond donors (Lipinski definition) is 0. The van der Waals surface area contributed by atoms with Crippen LogP contribution in [0.25, 0.3) is 33.7 Å². The van der Waals surface area contributed by atoms with E-state index in [0.29, 0.717) is 0 Å². The smallest absolute Gasteiger partial charge is 0.0181 e. The molecular formula is C22H14Br2. The van der Waals surface area contributed by atoms with Crippen LogP contribution in [-0.4, -0.2) is 0 Å². The van der Waals surface area contributed by atoms with Crippen LogP contribution in [-0.2, 0) is 0 Å². The monoisotopic (exact) mass is 436 g/mol. The molecule has 0 aliphatic heterocycles. The molecule has 0 aliphatic carbocycles. The van der Waals surface area contributed by atoms with Crippen LogP contribution in [0.15, 0.2) is 81.7 Å². The lowest BCUT2D eigenvalue weighted by Gasteiger charge is -2.06. The Morgan fingerprint density at radius 1 is 0.500 bits per heavy atom. The van der Waals surface area contributed by atoms with Crippen molar-refractivity contribution in [2.75, 3.05) is 0 Å². The van der Waals surface area contributed by atoms with E-state index in [0.717, 1.165) is 8.95 Å². The SMILES string of the molecule is Brc1ccc(/C=C\c2ccc3ccc4ccc(Br)cc4c3c2)cc1. The van der Waals surface area contributed by atoms with Gasteiger partial charge in [-0.15, -0.1) is 0 Å². The Balaban J connectivity index is 1.80. The van der Waals surface area contributed by atoms with Crippen LogP contribution in [0.1, 0.15) is 11.1 Å². The molecule has 0 atom stereocenters. The molecule has 4 aromatic rings. The number of hydrogen-bond acceptors (Lipinski definition) is 0. The molecule has 0 saturated carbocycles. The van der Waals surface area contributed by atoms with E-state index < -0.39 is 0 Å². The van der Waals surface area contributed by atoms with Gasteiger partial charge in [0, 0.05) is 8.95 Å². The summed E-state index contributed by atoms with van der Waals surface area (Å²) in [7, 11) is 0. The molecule has 0 aromatic heterocycles. The molecule has 0 unspecified atom stereocenters. The van der Waals surface area contributed by atoms with Gasteiger partial charge >= 0.3 is 0 Å². The zero-order valence-electron chi connectivity index (χ0n) is 12.8. The molecule has 0 heterocycles. The van der Waals surface area contributed by atoms with Crippen molar-refractivity contribution in [2.45, 2.75) is 0 Å². The molecule has 2 heteroatoms. The maximum Gasteiger partial charge on any atom is 0.0181 e. The minimum absolute atomic E-state index is 1.10. The van der Waals surface area contributed by atoms with Gasteiger partial charge in [0.05, 0.1) is 0 Å². The molecule has 0 saturated heterocycles. The van der Waals surface area contributed by atoms with Gasteiger partial charge in [0.15, 0.2) is 0 Å². The molecule has 0 spiro atoms. The Bertz CT molecular complexity index is 1060. The summed E-state index contributed by atoms with van der Waals surface area (Å²) < 4.78 is 2.21. The van der Waals surface area contributed by atoms with E-state index >= 15 is 0 Å². The Kier molecular flexibility index (Phi) is 4.26. The molecule has 0 nitrogen and oxygen atoms in total. The Morgan fingerprint density at radius 3 is 1.75 bits per heavy atom. The third-order valence-electron chi connectivity index (χ3n) is 4.16. The van der Waals surface area contributed by atoms with Gasteiger partial charge in [-0.2, -0.15) is 0 Å². The average Bonchev–Trinajstić information content (AvgIpc) is 2.61. The molecule has 116 valence electrons. The van der Waals surface area contributed by atoms with Crippen molar-refractivity contribution in [2.24, 2.45) is 0 Å². The standard InChI is InChI=1S/C22H14Br2/c23-19-10-4-15(5-11-19)1-2-16-3-6-17-7-8-18-9-12-20(24)14-22(18)21(17)13-16/h1-14H/b2-1-. The summed E-state index contributed by atoms with van der Waals surface area (Å²) in [5, 5.41) is 5.09. The molecule has 0 bridgehead atoms. The van der Waals surface area contributed by atoms with Crippen molar-refractivity contribution >= 4 is 65.6 Å². The second-order valence-electron chi connectivity index (χ2n) is 5.80. The van der Waals surface area contributed by atoms with Gasteiger partial charge in [-0.1, -0.05) is 86.5 Å². The van der Waals surface area contributed by atoms with E-state index in [9.17, 15) is 0 Å². The third kappa shape index (κ3) is 3.17. The minimum Gasteiger partial charge on any atom is -0.0544 e. The lowest BCUT2D eigenvalue weighted by molar-refractivity contribution is 1.61. The quantitative estimate of drug-likeness (QED) is 0.222. The zero-order chi connectivity index (χ0) is 16.5. The minimum atomic E-state index is 1.10. The van der Waals surface area contributed by atoms with Crippen LogP contribution in [0, 0.1) is 0 Å². The molecule has 4 rings (SSSR count). The summed E-state index contributed by atoms with van der Waals surface area (Å²) in [5.74, 6) is 0. The molecule has 4 aromatic carbocycles. The highest BCUT2D eigenvalue weighted by Gasteiger charge is 2.02. The second kappa shape index (κ2) is 6.54. The first-order chi connectivity index (χ1) is 11.7. The van der Waals surface area contributed by atoms with Crippen molar-refractivity contribution in [3.63, 3.8) is 0 Å². The molecule has 0 radical (unpaired) electrons. The highest BCUT2D eigenvalue weighted by molar-refractivity contribution is 9.10. The fourth-order valence-corrected chi connectivity index (χ4v) is 3.53. The van der Waals surface area contributed by atoms with Crippen LogP contribution in [0.3, 0.4) is 0 Å². The van der Waals surface area contributed by atoms with Crippen molar-refractivity contribution in [3.05, 3.63) is 92.9 Å². The summed E-state index contributed by atoms with van der Waals surface area (Å²) in [6, 6.07) is 25.8. The fourth-order valence-electron chi connectivity index (χ4n) is 2.91. The number of halogens is 2. The number of rotatable bonds is 2. The Morgan fingerprint density at radius 2 is 1.00 bits per heavy atom. The maximum absolute atomic E-state index is 3.59. The average molecular weight is 438 g/mol. The first-order valence-corrected chi connectivity index (χ1v) is 9.33. The molecule has 0 aliphatic rings. The Hall–Kier alpha value is -1.90. The summed E-state index contributed by atoms with van der Waals surface area (Å²) in [6.45, 7) is 0. The predicted octanol–water partition coefficient (Wildman–Crippen LogP) is 7.69. The summed E-state index contributed by atoms with van der Waals surface area (Å²) >= 11 is 7.06. The van der Waals surface area contributed by atoms with E-state index in [2.05, 4.69) is 117 Å². The van der Waals surface area contributed by atoms with Crippen molar-refractivity contribution in [3.8, 4) is 0 Å². The zero-order valence-corrected chi connectivity index (χ0v) is 16.0. The number of fused-ring (bicyclic) bond motifs is 3. The van der Waals surface area contributed by atoms with Gasteiger partial charge in [-0.25, -0.2) is 0 Å². The summed E-state index contributed by atoms with van der Waals surface area (Å²) in [6.07, 6.45) is 4.31. The predicted molar refractivity (Wildman–Crippen MR) is 112 cm³/mol. The molecule has 0 fully saturated rings. The number of benzene rings is 4. The van der Waals surface area contributed by atoms with Gasteiger partial charge < -0.3 is 0 Å². The van der Waals surface area contributed by atoms with E-state index in [4.69, 9.17) is 0 Å². The van der Waals surface area contributed by atoms with Gasteiger partial charge in [-0.05, 0) is 63.0 Å². The van der Waals surface area contributed by atoms with Crippen LogP contribution in [0.4, 0.5) is 0 Å². The van der Waals surface area contributed by atoms with Gasteiger partial charge in [0.2, 0.25) is 0 Å². The Labute approximate surface area is 158 Å². The highest BCUT2D eigenvalue weighted by Crippen LogP contribution is 2.29. The topological polar surface area (TPSA) is 0 Å². The van der Waals surface area contributed by atoms with Crippen molar-refractivity contribution < 1.29 is 0 Å². The van der Waals surface area contributed by atoms with Gasteiger partial charge in [0.25, 0.3) is 0 Å². The van der Waals surface area contributed by atoms with E-state index in [-0.39, 0.29) is 0 Å². The normalized spacial score (nSPS) is 11.6. The summed E-state index contributed by atoms with van der Waals surface area (Å²) in [5.41, 5.74) is 2.40. The van der Waals surface area contributed by atoms with Crippen LogP contribution >= 0.6 is 31.9 Å². The van der Waals surface area contributed by atoms with Crippen LogP contribution < -0.4 is 0 Å². The van der Waals surface area contributed by atoms with Crippen LogP contribution in [0.2, 0.25) is 0 Å². The lowest BCUT2D eigenvalue weighted by atomic mass is 9.99. The largest absolute Gasteiger partial charge is 0.0544 e. The highest BCUT2D eigenvalue weighted by atomic mass is 79.9. The first kappa shape index (κ1) is 15.6. The van der Waals surface area contributed by atoms with Crippen molar-refractivity contribution in [1.82, 2.24) is 0 Å². The fraction of sp³-hybridized carbons (Fsp3) is 0. The second-order valence-corrected chi connectivity index (χ2v) is 7.63. The molecule has 0 amide bonds. The molecule has 24 heavy (non-hydrogen) atoms. The molecule has 0 N–H and O–H groups in total. The lowest BCUT2D eigenvalue weighted by Crippen LogP contribution is -1.80. The van der Waals surface area contributed by atoms with E-state index in [1.165, 1.54) is 32.7 Å². The van der Waals surface area contributed by atoms with Crippen LogP contribution in [0.5, 0.6) is 0 Å².